The summed E-state index contributed by atoms with van der Waals surface area (Å²) >= 11 is 1.27. The first-order chi connectivity index (χ1) is 12.6. The van der Waals surface area contributed by atoms with Gasteiger partial charge in [-0.2, -0.15) is 0 Å². The standard InChI is InChI=1S/C19H18N4O2S/c1-14-7-5-6-10-16(14)23-12-11-20-19(23)26-13-17(24)22-18(25)21-15-8-3-2-4-9-15/h2-12H,13H2,1H3,(H2,21,22,24,25). The zero-order chi connectivity index (χ0) is 18.4. The van der Waals surface area contributed by atoms with Crippen LogP contribution in [0.5, 0.6) is 0 Å². The minimum atomic E-state index is -0.552. The molecule has 7 heteroatoms. The number of rotatable bonds is 5. The number of imidazole rings is 1. The summed E-state index contributed by atoms with van der Waals surface area (Å²) in [5.41, 5.74) is 2.74. The maximum absolute atomic E-state index is 12.0. The largest absolute Gasteiger partial charge is 0.325 e. The van der Waals surface area contributed by atoms with E-state index in [9.17, 15) is 9.59 Å². The maximum atomic E-state index is 12.0. The quantitative estimate of drug-likeness (QED) is 0.676. The lowest BCUT2D eigenvalue weighted by molar-refractivity contribution is -0.117. The number of benzene rings is 2. The molecule has 0 unspecified atom stereocenters. The van der Waals surface area contributed by atoms with Gasteiger partial charge in [-0.15, -0.1) is 0 Å². The van der Waals surface area contributed by atoms with Crippen LogP contribution in [0.1, 0.15) is 5.56 Å². The molecule has 0 saturated heterocycles. The number of aromatic nitrogens is 2. The lowest BCUT2D eigenvalue weighted by Gasteiger charge is -2.10. The van der Waals surface area contributed by atoms with Gasteiger partial charge in [-0.25, -0.2) is 9.78 Å². The number of carbonyl (C=O) groups is 2. The minimum Gasteiger partial charge on any atom is -0.308 e. The van der Waals surface area contributed by atoms with Gasteiger partial charge >= 0.3 is 6.03 Å². The maximum Gasteiger partial charge on any atom is 0.325 e. The Hall–Kier alpha value is -3.06. The van der Waals surface area contributed by atoms with Crippen LogP contribution in [0, 0.1) is 6.92 Å². The minimum absolute atomic E-state index is 0.0884. The Morgan fingerprint density at radius 3 is 2.58 bits per heavy atom. The first-order valence-corrected chi connectivity index (χ1v) is 9.00. The van der Waals surface area contributed by atoms with Gasteiger partial charge in [0.15, 0.2) is 5.16 Å². The monoisotopic (exact) mass is 366 g/mol. The number of aryl methyl sites for hydroxylation is 1. The molecular formula is C19H18N4O2S. The summed E-state index contributed by atoms with van der Waals surface area (Å²) in [6, 6.07) is 16.3. The van der Waals surface area contributed by atoms with E-state index >= 15 is 0 Å². The Kier molecular flexibility index (Phi) is 5.70. The predicted octanol–water partition coefficient (Wildman–Crippen LogP) is 3.62. The van der Waals surface area contributed by atoms with E-state index in [4.69, 9.17) is 0 Å². The second kappa shape index (κ2) is 8.35. The molecular weight excluding hydrogens is 348 g/mol. The fourth-order valence-electron chi connectivity index (χ4n) is 2.39. The summed E-state index contributed by atoms with van der Waals surface area (Å²) in [5, 5.41) is 5.62. The van der Waals surface area contributed by atoms with Crippen molar-refractivity contribution in [2.75, 3.05) is 11.1 Å². The molecule has 0 saturated carbocycles. The smallest absolute Gasteiger partial charge is 0.308 e. The zero-order valence-corrected chi connectivity index (χ0v) is 15.0. The van der Waals surface area contributed by atoms with E-state index < -0.39 is 6.03 Å². The topological polar surface area (TPSA) is 76.0 Å². The van der Waals surface area contributed by atoms with Gasteiger partial charge in [-0.3, -0.25) is 14.7 Å². The Labute approximate surface area is 155 Å². The SMILES string of the molecule is Cc1ccccc1-n1ccnc1SCC(=O)NC(=O)Nc1ccccc1. The molecule has 3 aromatic rings. The Bertz CT molecular complexity index is 909. The van der Waals surface area contributed by atoms with E-state index in [1.807, 2.05) is 48.0 Å². The lowest BCUT2D eigenvalue weighted by atomic mass is 10.2. The highest BCUT2D eigenvalue weighted by atomic mass is 32.2. The van der Waals surface area contributed by atoms with Gasteiger partial charge in [0.25, 0.3) is 0 Å². The van der Waals surface area contributed by atoms with Crippen molar-refractivity contribution in [3.8, 4) is 5.69 Å². The summed E-state index contributed by atoms with van der Waals surface area (Å²) in [7, 11) is 0. The van der Waals surface area contributed by atoms with Gasteiger partial charge < -0.3 is 5.32 Å². The van der Waals surface area contributed by atoms with E-state index in [2.05, 4.69) is 15.6 Å². The molecule has 0 fully saturated rings. The molecule has 3 rings (SSSR count). The second-order valence-electron chi connectivity index (χ2n) is 5.52. The molecule has 0 aliphatic rings. The van der Waals surface area contributed by atoms with Crippen LogP contribution in [-0.2, 0) is 4.79 Å². The second-order valence-corrected chi connectivity index (χ2v) is 6.47. The highest BCUT2D eigenvalue weighted by molar-refractivity contribution is 7.99. The zero-order valence-electron chi connectivity index (χ0n) is 14.2. The molecule has 2 aromatic carbocycles. The van der Waals surface area contributed by atoms with Crippen molar-refractivity contribution in [2.45, 2.75) is 12.1 Å². The van der Waals surface area contributed by atoms with Gasteiger partial charge in [-0.05, 0) is 30.7 Å². The number of anilines is 1. The molecule has 0 aliphatic carbocycles. The van der Waals surface area contributed by atoms with E-state index in [-0.39, 0.29) is 11.7 Å². The van der Waals surface area contributed by atoms with Gasteiger partial charge in [0, 0.05) is 18.1 Å². The number of amides is 3. The Balaban J connectivity index is 1.56. The average Bonchev–Trinajstić information content (AvgIpc) is 3.09. The Morgan fingerprint density at radius 2 is 1.81 bits per heavy atom. The van der Waals surface area contributed by atoms with Crippen molar-refractivity contribution in [3.63, 3.8) is 0 Å². The molecule has 0 bridgehead atoms. The van der Waals surface area contributed by atoms with Crippen LogP contribution in [-0.4, -0.2) is 27.2 Å². The van der Waals surface area contributed by atoms with Crippen LogP contribution in [0.25, 0.3) is 5.69 Å². The number of hydrogen-bond donors (Lipinski definition) is 2. The average molecular weight is 366 g/mol. The number of urea groups is 1. The lowest BCUT2D eigenvalue weighted by Crippen LogP contribution is -2.35. The molecule has 6 nitrogen and oxygen atoms in total. The van der Waals surface area contributed by atoms with Crippen LogP contribution in [0.2, 0.25) is 0 Å². The number of nitrogens with one attached hydrogen (secondary N) is 2. The molecule has 1 heterocycles. The van der Waals surface area contributed by atoms with Gasteiger partial charge in [0.1, 0.15) is 0 Å². The van der Waals surface area contributed by atoms with E-state index in [0.717, 1.165) is 11.3 Å². The fourth-order valence-corrected chi connectivity index (χ4v) is 3.16. The molecule has 26 heavy (non-hydrogen) atoms. The summed E-state index contributed by atoms with van der Waals surface area (Å²) in [6.45, 7) is 2.02. The van der Waals surface area contributed by atoms with Crippen molar-refractivity contribution >= 4 is 29.4 Å². The molecule has 0 atom stereocenters. The van der Waals surface area contributed by atoms with Crippen LogP contribution in [0.4, 0.5) is 10.5 Å². The van der Waals surface area contributed by atoms with Crippen LogP contribution >= 0.6 is 11.8 Å². The van der Waals surface area contributed by atoms with Gasteiger partial charge in [0.2, 0.25) is 5.91 Å². The molecule has 132 valence electrons. The van der Waals surface area contributed by atoms with E-state index in [1.165, 1.54) is 11.8 Å². The predicted molar refractivity (Wildman–Crippen MR) is 103 cm³/mol. The van der Waals surface area contributed by atoms with E-state index in [0.29, 0.717) is 10.8 Å². The number of nitrogens with zero attached hydrogens (tertiary/aromatic N) is 2. The first-order valence-electron chi connectivity index (χ1n) is 8.01. The summed E-state index contributed by atoms with van der Waals surface area (Å²) < 4.78 is 1.93. The number of para-hydroxylation sites is 2. The van der Waals surface area contributed by atoms with Crippen molar-refractivity contribution in [1.82, 2.24) is 14.9 Å². The summed E-state index contributed by atoms with van der Waals surface area (Å²) in [6.07, 6.45) is 3.54. The van der Waals surface area contributed by atoms with Crippen molar-refractivity contribution < 1.29 is 9.59 Å². The van der Waals surface area contributed by atoms with Gasteiger partial charge in [0.05, 0.1) is 11.4 Å². The van der Waals surface area contributed by atoms with E-state index in [1.54, 1.807) is 30.5 Å². The highest BCUT2D eigenvalue weighted by Gasteiger charge is 2.12. The van der Waals surface area contributed by atoms with Crippen LogP contribution < -0.4 is 10.6 Å². The Morgan fingerprint density at radius 1 is 1.08 bits per heavy atom. The molecule has 0 spiro atoms. The molecule has 3 amide bonds. The number of thioether (sulfide) groups is 1. The molecule has 2 N–H and O–H groups in total. The van der Waals surface area contributed by atoms with Crippen molar-refractivity contribution in [1.29, 1.82) is 0 Å². The summed E-state index contributed by atoms with van der Waals surface area (Å²) in [4.78, 5) is 28.2. The molecule has 1 aromatic heterocycles. The van der Waals surface area contributed by atoms with Crippen molar-refractivity contribution in [2.24, 2.45) is 0 Å². The number of imide groups is 1. The molecule has 0 radical (unpaired) electrons. The first kappa shape index (κ1) is 17.8. The third-order valence-corrected chi connectivity index (χ3v) is 4.57. The van der Waals surface area contributed by atoms with Crippen LogP contribution in [0.3, 0.4) is 0 Å². The summed E-state index contributed by atoms with van der Waals surface area (Å²) in [5.74, 6) is -0.298. The van der Waals surface area contributed by atoms with Gasteiger partial charge in [-0.1, -0.05) is 48.2 Å². The number of hydrogen-bond acceptors (Lipinski definition) is 4. The fraction of sp³-hybridized carbons (Fsp3) is 0.105. The highest BCUT2D eigenvalue weighted by Crippen LogP contribution is 2.22. The normalized spacial score (nSPS) is 10.3. The van der Waals surface area contributed by atoms with Crippen molar-refractivity contribution in [3.05, 3.63) is 72.6 Å². The third-order valence-electron chi connectivity index (χ3n) is 3.60. The molecule has 0 aliphatic heterocycles. The third kappa shape index (κ3) is 4.52. The number of carbonyl (C=O) groups excluding carboxylic acids is 2. The van der Waals surface area contributed by atoms with Crippen LogP contribution in [0.15, 0.2) is 72.1 Å².